The molecule has 0 bridgehead atoms. The minimum absolute atomic E-state index is 0.317. The van der Waals surface area contributed by atoms with Gasteiger partial charge in [-0.25, -0.2) is 0 Å². The van der Waals surface area contributed by atoms with Gasteiger partial charge in [0, 0.05) is 0 Å². The lowest BCUT2D eigenvalue weighted by Crippen LogP contribution is -2.41. The highest BCUT2D eigenvalue weighted by Gasteiger charge is 2.39. The van der Waals surface area contributed by atoms with E-state index in [1.165, 1.54) is 6.92 Å². The van der Waals surface area contributed by atoms with E-state index < -0.39 is 23.1 Å². The third-order valence-electron chi connectivity index (χ3n) is 2.54. The molecule has 1 aromatic rings. The van der Waals surface area contributed by atoms with E-state index in [1.807, 2.05) is 0 Å². The van der Waals surface area contributed by atoms with Gasteiger partial charge < -0.3 is 0 Å². The summed E-state index contributed by atoms with van der Waals surface area (Å²) in [6.07, 6.45) is 0. The maximum absolute atomic E-state index is 11.8. The SMILES string of the molecule is C[C@@H](C(=O)Cl)N1C(=O)c2ccccc2C1=O. The third-order valence-corrected chi connectivity index (χ3v) is 2.86. The smallest absolute Gasteiger partial charge is 0.262 e. The van der Waals surface area contributed by atoms with Crippen molar-refractivity contribution in [3.63, 3.8) is 0 Å². The molecule has 0 saturated carbocycles. The molecule has 0 aliphatic carbocycles. The van der Waals surface area contributed by atoms with Crippen LogP contribution in [-0.4, -0.2) is 28.0 Å². The molecule has 1 aliphatic rings. The minimum Gasteiger partial charge on any atom is -0.279 e. The number of benzene rings is 1. The van der Waals surface area contributed by atoms with E-state index in [4.69, 9.17) is 11.6 Å². The van der Waals surface area contributed by atoms with Crippen LogP contribution in [0.3, 0.4) is 0 Å². The maximum atomic E-state index is 11.8. The van der Waals surface area contributed by atoms with Crippen molar-refractivity contribution >= 4 is 28.7 Å². The highest BCUT2D eigenvalue weighted by atomic mass is 35.5. The van der Waals surface area contributed by atoms with Crippen molar-refractivity contribution in [1.82, 2.24) is 4.90 Å². The van der Waals surface area contributed by atoms with E-state index in [1.54, 1.807) is 24.3 Å². The number of hydrogen-bond acceptors (Lipinski definition) is 3. The number of carbonyl (C=O) groups is 3. The Morgan fingerprint density at radius 3 is 2.00 bits per heavy atom. The summed E-state index contributed by atoms with van der Waals surface area (Å²) < 4.78 is 0. The maximum Gasteiger partial charge on any atom is 0.262 e. The van der Waals surface area contributed by atoms with Crippen LogP contribution in [0.1, 0.15) is 27.6 Å². The number of carbonyl (C=O) groups excluding carboxylic acids is 3. The van der Waals surface area contributed by atoms with Crippen LogP contribution in [0.4, 0.5) is 0 Å². The molecule has 5 heteroatoms. The molecular formula is C11H8ClNO3. The largest absolute Gasteiger partial charge is 0.279 e. The van der Waals surface area contributed by atoms with Gasteiger partial charge in [-0.15, -0.1) is 0 Å². The van der Waals surface area contributed by atoms with Crippen LogP contribution in [0, 0.1) is 0 Å². The Kier molecular flexibility index (Phi) is 2.52. The van der Waals surface area contributed by atoms with Crippen molar-refractivity contribution in [3.05, 3.63) is 35.4 Å². The zero-order chi connectivity index (χ0) is 11.9. The Hall–Kier alpha value is -1.68. The van der Waals surface area contributed by atoms with E-state index in [9.17, 15) is 14.4 Å². The number of nitrogens with zero attached hydrogens (tertiary/aromatic N) is 1. The van der Waals surface area contributed by atoms with Gasteiger partial charge in [0.05, 0.1) is 11.1 Å². The third kappa shape index (κ3) is 1.42. The zero-order valence-corrected chi connectivity index (χ0v) is 9.19. The Balaban J connectivity index is 2.46. The van der Waals surface area contributed by atoms with E-state index in [-0.39, 0.29) is 0 Å². The van der Waals surface area contributed by atoms with Crippen LogP contribution in [0.2, 0.25) is 0 Å². The van der Waals surface area contributed by atoms with Gasteiger partial charge >= 0.3 is 0 Å². The number of amides is 2. The molecule has 2 rings (SSSR count). The van der Waals surface area contributed by atoms with Gasteiger partial charge in [0.25, 0.3) is 11.8 Å². The summed E-state index contributed by atoms with van der Waals surface area (Å²) in [5.41, 5.74) is 0.634. The second-order valence-corrected chi connectivity index (χ2v) is 3.88. The van der Waals surface area contributed by atoms with Gasteiger partial charge in [-0.05, 0) is 30.7 Å². The number of halogens is 1. The Morgan fingerprint density at radius 1 is 1.19 bits per heavy atom. The standard InChI is InChI=1S/C11H8ClNO3/c1-6(9(12)14)13-10(15)7-4-2-3-5-8(7)11(13)16/h2-6H,1H3/t6-/m0/s1. The Bertz CT molecular complexity index is 463. The lowest BCUT2D eigenvalue weighted by molar-refractivity contribution is -0.114. The molecule has 0 spiro atoms. The van der Waals surface area contributed by atoms with E-state index >= 15 is 0 Å². The van der Waals surface area contributed by atoms with Crippen LogP contribution in [0.15, 0.2) is 24.3 Å². The first-order valence-corrected chi connectivity index (χ1v) is 5.08. The van der Waals surface area contributed by atoms with Crippen molar-refractivity contribution in [2.45, 2.75) is 13.0 Å². The summed E-state index contributed by atoms with van der Waals surface area (Å²) in [6, 6.07) is 5.51. The fourth-order valence-corrected chi connectivity index (χ4v) is 1.76. The first-order valence-electron chi connectivity index (χ1n) is 4.70. The van der Waals surface area contributed by atoms with E-state index in [0.29, 0.717) is 11.1 Å². The Morgan fingerprint density at radius 2 is 1.62 bits per heavy atom. The van der Waals surface area contributed by atoms with Crippen LogP contribution in [0.5, 0.6) is 0 Å². The average Bonchev–Trinajstić information content (AvgIpc) is 2.52. The summed E-state index contributed by atoms with van der Waals surface area (Å²) in [4.78, 5) is 35.6. The molecule has 1 aliphatic heterocycles. The average molecular weight is 238 g/mol. The van der Waals surface area contributed by atoms with Crippen molar-refractivity contribution in [3.8, 4) is 0 Å². The van der Waals surface area contributed by atoms with E-state index in [0.717, 1.165) is 4.90 Å². The lowest BCUT2D eigenvalue weighted by atomic mass is 10.1. The quantitative estimate of drug-likeness (QED) is 0.578. The topological polar surface area (TPSA) is 54.5 Å². The fraction of sp³-hybridized carbons (Fsp3) is 0.182. The first-order chi connectivity index (χ1) is 7.54. The van der Waals surface area contributed by atoms with Gasteiger partial charge in [-0.3, -0.25) is 19.3 Å². The molecule has 82 valence electrons. The van der Waals surface area contributed by atoms with Crippen LogP contribution >= 0.6 is 11.6 Å². The number of rotatable bonds is 2. The molecule has 0 radical (unpaired) electrons. The van der Waals surface area contributed by atoms with Crippen LogP contribution in [-0.2, 0) is 4.79 Å². The summed E-state index contributed by atoms with van der Waals surface area (Å²) in [7, 11) is 0. The molecule has 1 heterocycles. The molecule has 0 unspecified atom stereocenters. The molecule has 0 fully saturated rings. The molecule has 1 aromatic carbocycles. The molecular weight excluding hydrogens is 230 g/mol. The molecule has 0 saturated heterocycles. The van der Waals surface area contributed by atoms with Gasteiger partial charge in [-0.2, -0.15) is 0 Å². The molecule has 4 nitrogen and oxygen atoms in total. The van der Waals surface area contributed by atoms with Gasteiger partial charge in [0.1, 0.15) is 6.04 Å². The molecule has 16 heavy (non-hydrogen) atoms. The highest BCUT2D eigenvalue weighted by molar-refractivity contribution is 6.65. The lowest BCUT2D eigenvalue weighted by Gasteiger charge is -2.18. The number of fused-ring (bicyclic) bond motifs is 1. The van der Waals surface area contributed by atoms with E-state index in [2.05, 4.69) is 0 Å². The molecule has 0 aromatic heterocycles. The molecule has 0 N–H and O–H groups in total. The second kappa shape index (κ2) is 3.72. The predicted molar refractivity (Wildman–Crippen MR) is 57.3 cm³/mol. The summed E-state index contributed by atoms with van der Waals surface area (Å²) in [5.74, 6) is -0.941. The summed E-state index contributed by atoms with van der Waals surface area (Å²) in [5, 5.41) is -0.727. The van der Waals surface area contributed by atoms with Crippen LogP contribution < -0.4 is 0 Å². The second-order valence-electron chi connectivity index (χ2n) is 3.51. The normalized spacial score (nSPS) is 16.2. The highest BCUT2D eigenvalue weighted by Crippen LogP contribution is 2.24. The monoisotopic (exact) mass is 237 g/mol. The zero-order valence-electron chi connectivity index (χ0n) is 8.44. The predicted octanol–water partition coefficient (Wildman–Crippen LogP) is 1.44. The Labute approximate surface area is 96.8 Å². The van der Waals surface area contributed by atoms with Gasteiger partial charge in [-0.1, -0.05) is 12.1 Å². The van der Waals surface area contributed by atoms with Crippen molar-refractivity contribution in [2.75, 3.05) is 0 Å². The molecule has 1 atom stereocenters. The number of imide groups is 1. The van der Waals surface area contributed by atoms with Crippen molar-refractivity contribution in [2.24, 2.45) is 0 Å². The minimum atomic E-state index is -0.936. The van der Waals surface area contributed by atoms with Crippen molar-refractivity contribution in [1.29, 1.82) is 0 Å². The summed E-state index contributed by atoms with van der Waals surface area (Å²) in [6.45, 7) is 1.43. The van der Waals surface area contributed by atoms with Gasteiger partial charge in [0.15, 0.2) is 0 Å². The van der Waals surface area contributed by atoms with Gasteiger partial charge in [0.2, 0.25) is 5.24 Å². The first kappa shape index (κ1) is 10.8. The fourth-order valence-electron chi connectivity index (χ4n) is 1.66. The molecule has 2 amide bonds. The summed E-state index contributed by atoms with van der Waals surface area (Å²) >= 11 is 5.30. The number of hydrogen-bond donors (Lipinski definition) is 0. The van der Waals surface area contributed by atoms with Crippen LogP contribution in [0.25, 0.3) is 0 Å². The van der Waals surface area contributed by atoms with Crippen molar-refractivity contribution < 1.29 is 14.4 Å².